The van der Waals surface area contributed by atoms with Gasteiger partial charge >= 0.3 is 112 Å². The van der Waals surface area contributed by atoms with Crippen LogP contribution in [0.25, 0.3) is 11.1 Å². The summed E-state index contributed by atoms with van der Waals surface area (Å²) < 4.78 is 1.42. The van der Waals surface area contributed by atoms with Gasteiger partial charge in [0, 0.05) is 0 Å². The topological polar surface area (TPSA) is 0 Å². The largest absolute Gasteiger partial charge is 1.00 e. The summed E-state index contributed by atoms with van der Waals surface area (Å²) in [7, 11) is 0. The van der Waals surface area contributed by atoms with E-state index < -0.39 is 0 Å². The minimum Gasteiger partial charge on any atom is -1.00 e. The van der Waals surface area contributed by atoms with E-state index in [1.807, 2.05) is 0 Å². The van der Waals surface area contributed by atoms with Crippen LogP contribution in [-0.2, 0) is 42.5 Å². The molecule has 0 amide bonds. The zero-order valence-electron chi connectivity index (χ0n) is 27.4. The fourth-order valence-corrected chi connectivity index (χ4v) is 5.98. The van der Waals surface area contributed by atoms with Crippen molar-refractivity contribution in [1.82, 2.24) is 0 Å². The molecule has 228 valence electrons. The van der Waals surface area contributed by atoms with Gasteiger partial charge in [-0.05, 0) is 18.9 Å². The Hall–Kier alpha value is -2.44. The van der Waals surface area contributed by atoms with Crippen molar-refractivity contribution in [2.45, 2.75) is 73.6 Å². The molecule has 0 fully saturated rings. The van der Waals surface area contributed by atoms with Crippen LogP contribution in [0.4, 0.5) is 0 Å². The maximum Gasteiger partial charge on any atom is -1.00 e. The van der Waals surface area contributed by atoms with E-state index in [1.54, 1.807) is 0 Å². The Bertz CT molecular complexity index is 1550. The summed E-state index contributed by atoms with van der Waals surface area (Å²) in [6.45, 7) is 17.5. The number of hydrogen-bond acceptors (Lipinski definition) is 0. The van der Waals surface area contributed by atoms with Gasteiger partial charge in [-0.25, -0.2) is 6.07 Å². The standard InChI is InChI=1S/C15H13.C15H14.C11H17.2ClH.Zr/c1-10-3-5-14-12(7-10)9-13-8-11(2)4-6-15(13)14;1-12-3-7-14(8-4-12)11-15-9-5-13(2)6-10-15;1-5-9-6-7-10(8-9)11(2,3)4;;;/h3-7H,9H2,1-2H3;3-10H,1-2H3;6-8H,5H2,1-4H3;2*1H;/q-1;;-1;;;+2/p-2. The van der Waals surface area contributed by atoms with Crippen molar-refractivity contribution in [2.24, 2.45) is 0 Å². The van der Waals surface area contributed by atoms with Crippen LogP contribution in [0.1, 0.15) is 83.3 Å². The summed E-state index contributed by atoms with van der Waals surface area (Å²) in [5.41, 5.74) is 16.7. The Morgan fingerprint density at radius 3 is 1.73 bits per heavy atom. The minimum absolute atomic E-state index is 0. The maximum atomic E-state index is 3.45. The van der Waals surface area contributed by atoms with Crippen LogP contribution in [0, 0.1) is 33.8 Å². The first-order valence-electron chi connectivity index (χ1n) is 15.0. The third-order valence-electron chi connectivity index (χ3n) is 7.86. The Labute approximate surface area is 293 Å². The summed E-state index contributed by atoms with van der Waals surface area (Å²) >= 11 is 1.46. The number of hydrogen-bond donors (Lipinski definition) is 0. The number of benzene rings is 4. The first-order valence-corrected chi connectivity index (χ1v) is 16.3. The molecule has 5 aromatic rings. The molecule has 0 bridgehead atoms. The summed E-state index contributed by atoms with van der Waals surface area (Å²) in [5.74, 6) is 0. The van der Waals surface area contributed by atoms with E-state index in [0.717, 1.165) is 12.8 Å². The van der Waals surface area contributed by atoms with E-state index in [2.05, 4.69) is 159 Å². The first-order chi connectivity index (χ1) is 19.9. The summed E-state index contributed by atoms with van der Waals surface area (Å²) in [6.07, 6.45) is 2.20. The van der Waals surface area contributed by atoms with Gasteiger partial charge < -0.3 is 24.8 Å². The molecule has 0 unspecified atom stereocenters. The molecule has 44 heavy (non-hydrogen) atoms. The Morgan fingerprint density at radius 2 is 1.25 bits per heavy atom. The molecule has 1 aliphatic rings. The van der Waals surface area contributed by atoms with E-state index in [-0.39, 0.29) is 24.8 Å². The number of aryl methyl sites for hydroxylation is 5. The zero-order chi connectivity index (χ0) is 30.4. The van der Waals surface area contributed by atoms with Crippen LogP contribution in [0.15, 0.2) is 97.1 Å². The van der Waals surface area contributed by atoms with Gasteiger partial charge in [0.2, 0.25) is 0 Å². The zero-order valence-corrected chi connectivity index (χ0v) is 31.4. The van der Waals surface area contributed by atoms with E-state index in [9.17, 15) is 0 Å². The molecular weight excluding hydrogens is 655 g/mol. The Morgan fingerprint density at radius 1 is 0.727 bits per heavy atom. The van der Waals surface area contributed by atoms with Crippen molar-refractivity contribution in [3.05, 3.63) is 159 Å². The van der Waals surface area contributed by atoms with Gasteiger partial charge in [0.15, 0.2) is 0 Å². The third kappa shape index (κ3) is 10.0. The number of rotatable bonds is 3. The predicted molar refractivity (Wildman–Crippen MR) is 179 cm³/mol. The van der Waals surface area contributed by atoms with Gasteiger partial charge in [0.05, 0.1) is 0 Å². The molecule has 1 aliphatic carbocycles. The van der Waals surface area contributed by atoms with E-state index in [4.69, 9.17) is 0 Å². The minimum atomic E-state index is 0. The molecule has 0 aliphatic heterocycles. The molecule has 0 nitrogen and oxygen atoms in total. The third-order valence-corrected chi connectivity index (χ3v) is 9.28. The molecule has 5 aromatic carbocycles. The summed E-state index contributed by atoms with van der Waals surface area (Å²) in [4.78, 5) is 0. The van der Waals surface area contributed by atoms with Gasteiger partial charge in [-0.1, -0.05) is 75.8 Å². The van der Waals surface area contributed by atoms with Crippen LogP contribution in [-0.4, -0.2) is 3.21 Å². The molecule has 0 heterocycles. The normalized spacial score (nSPS) is 11.0. The van der Waals surface area contributed by atoms with Gasteiger partial charge in [0.1, 0.15) is 0 Å². The van der Waals surface area contributed by atoms with E-state index >= 15 is 0 Å². The summed E-state index contributed by atoms with van der Waals surface area (Å²) in [6, 6.07) is 38.8. The molecule has 0 spiro atoms. The van der Waals surface area contributed by atoms with Crippen molar-refractivity contribution in [3.8, 4) is 11.1 Å². The van der Waals surface area contributed by atoms with E-state index in [0.29, 0.717) is 5.41 Å². The monoisotopic (exact) mass is 696 g/mol. The molecule has 6 rings (SSSR count). The van der Waals surface area contributed by atoms with Gasteiger partial charge in [-0.15, -0.1) is 11.1 Å². The van der Waals surface area contributed by atoms with Crippen molar-refractivity contribution in [3.63, 3.8) is 0 Å². The van der Waals surface area contributed by atoms with Crippen LogP contribution < -0.4 is 24.8 Å². The van der Waals surface area contributed by atoms with Crippen LogP contribution in [0.5, 0.6) is 0 Å². The molecule has 0 N–H and O–H groups in total. The van der Waals surface area contributed by atoms with Gasteiger partial charge in [-0.2, -0.15) is 47.0 Å². The van der Waals surface area contributed by atoms with Crippen LogP contribution in [0.3, 0.4) is 0 Å². The number of fused-ring (bicyclic) bond motifs is 3. The average Bonchev–Trinajstić information content (AvgIpc) is 3.58. The molecule has 0 aromatic heterocycles. The van der Waals surface area contributed by atoms with Crippen molar-refractivity contribution in [1.29, 1.82) is 0 Å². The van der Waals surface area contributed by atoms with Crippen molar-refractivity contribution in [2.75, 3.05) is 0 Å². The smallest absolute Gasteiger partial charge is 1.00 e. The molecule has 0 saturated heterocycles. The SMILES string of the molecule is CCc1cc(C(C)(C)C)c[cH-]1.Cc1[c-]c2c(cc1)-c1ccc(C)cc1C2.Cc1ccc([C](=[Zr+2])c2ccc(C)cc2)cc1.[Cl-].[Cl-]. The Balaban J connectivity index is 0.000000229. The van der Waals surface area contributed by atoms with Crippen molar-refractivity contribution >= 4 is 3.21 Å². The van der Waals surface area contributed by atoms with Crippen LogP contribution >= 0.6 is 0 Å². The van der Waals surface area contributed by atoms with Crippen molar-refractivity contribution < 1.29 is 49.0 Å². The molecule has 0 atom stereocenters. The second kappa shape index (κ2) is 16.8. The van der Waals surface area contributed by atoms with Crippen LogP contribution in [0.2, 0.25) is 0 Å². The second-order valence-electron chi connectivity index (χ2n) is 12.6. The quantitative estimate of drug-likeness (QED) is 0.241. The fourth-order valence-electron chi connectivity index (χ4n) is 5.16. The van der Waals surface area contributed by atoms with Gasteiger partial charge in [-0.3, -0.25) is 0 Å². The average molecular weight is 699 g/mol. The van der Waals surface area contributed by atoms with Gasteiger partial charge in [0.25, 0.3) is 0 Å². The predicted octanol–water partition coefficient (Wildman–Crippen LogP) is 4.37. The first kappa shape index (κ1) is 37.7. The molecule has 0 saturated carbocycles. The second-order valence-corrected chi connectivity index (χ2v) is 13.8. The molecular formula is C41H44Cl2Zr-2. The maximum absolute atomic E-state index is 3.45. The fraction of sp³-hybridized carbons (Fsp3) is 0.268. The van der Waals surface area contributed by atoms with E-state index in [1.165, 1.54) is 94.2 Å². The summed E-state index contributed by atoms with van der Waals surface area (Å²) in [5, 5.41) is 0. The molecule has 0 radical (unpaired) electrons. The Kier molecular flexibility index (Phi) is 14.4. The number of halogens is 2. The molecule has 3 heteroatoms.